The number of hydroxylamine groups is 1. The summed E-state index contributed by atoms with van der Waals surface area (Å²) in [6.45, 7) is 0.445. The number of methoxy groups -OCH3 is 1. The van der Waals surface area contributed by atoms with Crippen molar-refractivity contribution >= 4 is 23.5 Å². The van der Waals surface area contributed by atoms with Gasteiger partial charge in [-0.25, -0.2) is 9.87 Å². The molecule has 0 saturated carbocycles. The Morgan fingerprint density at radius 3 is 2.34 bits per heavy atom. The summed E-state index contributed by atoms with van der Waals surface area (Å²) in [5, 5.41) is 11.3. The highest BCUT2D eigenvalue weighted by Crippen LogP contribution is 2.21. The van der Waals surface area contributed by atoms with E-state index in [9.17, 15) is 14.0 Å². The molecule has 0 aromatic heterocycles. The van der Waals surface area contributed by atoms with Crippen LogP contribution in [-0.2, 0) is 9.59 Å². The first kappa shape index (κ1) is 22.1. The third-order valence-electron chi connectivity index (χ3n) is 4.32. The molecular weight excluding hydrogens is 375 g/mol. The second-order valence-corrected chi connectivity index (χ2v) is 6.44. The molecular formula is C22H25FN2O4. The van der Waals surface area contributed by atoms with Crippen LogP contribution < -0.4 is 15.5 Å². The molecule has 0 aliphatic heterocycles. The van der Waals surface area contributed by atoms with Crippen LogP contribution in [0.4, 0.5) is 4.39 Å². The van der Waals surface area contributed by atoms with Gasteiger partial charge in [0, 0.05) is 18.5 Å². The highest BCUT2D eigenvalue weighted by Gasteiger charge is 2.12. The molecule has 2 amide bonds. The lowest BCUT2D eigenvalue weighted by molar-refractivity contribution is -0.129. The number of carbonyl (C=O) groups is 2. The van der Waals surface area contributed by atoms with E-state index in [-0.39, 0.29) is 18.1 Å². The van der Waals surface area contributed by atoms with Crippen LogP contribution in [0.25, 0.3) is 11.6 Å². The highest BCUT2D eigenvalue weighted by molar-refractivity contribution is 6.24. The second kappa shape index (κ2) is 11.6. The van der Waals surface area contributed by atoms with E-state index >= 15 is 0 Å². The minimum Gasteiger partial charge on any atom is -0.497 e. The molecule has 0 spiro atoms. The Bertz CT molecular complexity index is 833. The summed E-state index contributed by atoms with van der Waals surface area (Å²) in [4.78, 5) is 23.7. The molecule has 7 heteroatoms. The van der Waals surface area contributed by atoms with Crippen LogP contribution >= 0.6 is 0 Å². The molecule has 0 atom stereocenters. The van der Waals surface area contributed by atoms with Crippen molar-refractivity contribution < 1.29 is 23.9 Å². The van der Waals surface area contributed by atoms with Gasteiger partial charge in [-0.05, 0) is 54.3 Å². The van der Waals surface area contributed by atoms with E-state index in [1.807, 2.05) is 12.1 Å². The molecule has 0 unspecified atom stereocenters. The molecule has 3 N–H and O–H groups in total. The van der Waals surface area contributed by atoms with E-state index in [0.29, 0.717) is 36.3 Å². The molecule has 0 radical (unpaired) electrons. The van der Waals surface area contributed by atoms with Gasteiger partial charge in [0.2, 0.25) is 5.91 Å². The van der Waals surface area contributed by atoms with Gasteiger partial charge in [0.05, 0.1) is 7.11 Å². The van der Waals surface area contributed by atoms with Crippen LogP contribution in [0.5, 0.6) is 5.75 Å². The van der Waals surface area contributed by atoms with Crippen LogP contribution in [0.3, 0.4) is 0 Å². The van der Waals surface area contributed by atoms with E-state index in [2.05, 4.69) is 5.32 Å². The molecule has 0 heterocycles. The Morgan fingerprint density at radius 2 is 1.72 bits per heavy atom. The lowest BCUT2D eigenvalue weighted by Crippen LogP contribution is -2.25. The number of hydrogen-bond donors (Lipinski definition) is 3. The Balaban J connectivity index is 2.04. The summed E-state index contributed by atoms with van der Waals surface area (Å²) in [7, 11) is 1.58. The van der Waals surface area contributed by atoms with Crippen molar-refractivity contribution in [3.63, 3.8) is 0 Å². The maximum Gasteiger partial charge on any atom is 0.251 e. The number of ether oxygens (including phenoxy) is 1. The molecule has 0 fully saturated rings. The Kier molecular flexibility index (Phi) is 8.85. The van der Waals surface area contributed by atoms with Gasteiger partial charge in [0.1, 0.15) is 11.6 Å². The molecule has 6 nitrogen and oxygen atoms in total. The van der Waals surface area contributed by atoms with Crippen molar-refractivity contribution in [2.24, 2.45) is 0 Å². The Hall–Kier alpha value is -3.19. The molecule has 0 aliphatic carbocycles. The van der Waals surface area contributed by atoms with Crippen molar-refractivity contribution in [1.29, 1.82) is 0 Å². The summed E-state index contributed by atoms with van der Waals surface area (Å²) in [5.74, 6) is -0.342. The Labute approximate surface area is 169 Å². The number of benzene rings is 2. The second-order valence-electron chi connectivity index (χ2n) is 6.44. The summed E-state index contributed by atoms with van der Waals surface area (Å²) in [6, 6.07) is 13.0. The zero-order chi connectivity index (χ0) is 21.1. The summed E-state index contributed by atoms with van der Waals surface area (Å²) >= 11 is 0. The standard InChI is InChI=1S/C22H25FN2O4/c1-29-19-12-6-16(7-13-19)15-20(17-8-10-18(23)11-9-17)22(27)24-14-4-2-3-5-21(26)25-28/h6-13,15,28H,2-5,14H2,1H3,(H,24,27)(H,25,26)/b20-15-. The zero-order valence-electron chi connectivity index (χ0n) is 16.3. The number of halogens is 1. The third-order valence-corrected chi connectivity index (χ3v) is 4.32. The number of carbonyl (C=O) groups excluding carboxylic acids is 2. The van der Waals surface area contributed by atoms with Gasteiger partial charge in [0.15, 0.2) is 0 Å². The van der Waals surface area contributed by atoms with E-state index in [1.165, 1.54) is 12.1 Å². The average molecular weight is 400 g/mol. The van der Waals surface area contributed by atoms with Gasteiger partial charge in [-0.2, -0.15) is 0 Å². The van der Waals surface area contributed by atoms with Crippen molar-refractivity contribution in [3.8, 4) is 5.75 Å². The monoisotopic (exact) mass is 400 g/mol. The Morgan fingerprint density at radius 1 is 1.03 bits per heavy atom. The van der Waals surface area contributed by atoms with E-state index in [4.69, 9.17) is 9.94 Å². The summed E-state index contributed by atoms with van der Waals surface area (Å²) in [6.07, 6.45) is 4.04. The number of hydrogen-bond acceptors (Lipinski definition) is 4. The normalized spacial score (nSPS) is 11.1. The SMILES string of the molecule is COc1ccc(/C=C(\C(=O)NCCCCCC(=O)NO)c2ccc(F)cc2)cc1. The predicted molar refractivity (Wildman–Crippen MR) is 109 cm³/mol. The van der Waals surface area contributed by atoms with Crippen molar-refractivity contribution in [2.75, 3.05) is 13.7 Å². The van der Waals surface area contributed by atoms with E-state index in [1.54, 1.807) is 42.9 Å². The molecule has 0 aliphatic rings. The van der Waals surface area contributed by atoms with E-state index < -0.39 is 5.91 Å². The fourth-order valence-corrected chi connectivity index (χ4v) is 2.72. The molecule has 2 rings (SSSR count). The minimum absolute atomic E-state index is 0.239. The number of unbranched alkanes of at least 4 members (excludes halogenated alkanes) is 2. The lowest BCUT2D eigenvalue weighted by atomic mass is 10.0. The van der Waals surface area contributed by atoms with Crippen LogP contribution in [0.1, 0.15) is 36.8 Å². The lowest BCUT2D eigenvalue weighted by Gasteiger charge is -2.10. The number of rotatable bonds is 10. The first-order chi connectivity index (χ1) is 14.0. The van der Waals surface area contributed by atoms with Gasteiger partial charge in [0.25, 0.3) is 5.91 Å². The zero-order valence-corrected chi connectivity index (χ0v) is 16.3. The molecule has 0 bridgehead atoms. The maximum absolute atomic E-state index is 13.3. The van der Waals surface area contributed by atoms with Crippen LogP contribution in [0.15, 0.2) is 48.5 Å². The van der Waals surface area contributed by atoms with Gasteiger partial charge < -0.3 is 10.1 Å². The van der Waals surface area contributed by atoms with Crippen LogP contribution in [-0.4, -0.2) is 30.7 Å². The topological polar surface area (TPSA) is 87.7 Å². The van der Waals surface area contributed by atoms with Gasteiger partial charge in [-0.15, -0.1) is 0 Å². The third kappa shape index (κ3) is 7.38. The fourth-order valence-electron chi connectivity index (χ4n) is 2.72. The molecule has 2 aromatic rings. The molecule has 29 heavy (non-hydrogen) atoms. The summed E-state index contributed by atoms with van der Waals surface area (Å²) < 4.78 is 18.4. The van der Waals surface area contributed by atoms with Crippen molar-refractivity contribution in [3.05, 3.63) is 65.5 Å². The maximum atomic E-state index is 13.3. The number of nitrogens with one attached hydrogen (secondary N) is 2. The molecule has 0 saturated heterocycles. The van der Waals surface area contributed by atoms with Crippen LogP contribution in [0.2, 0.25) is 0 Å². The van der Waals surface area contributed by atoms with E-state index in [0.717, 1.165) is 12.0 Å². The predicted octanol–water partition coefficient (Wildman–Crippen LogP) is 3.56. The molecule has 154 valence electrons. The van der Waals surface area contributed by atoms with Gasteiger partial charge >= 0.3 is 0 Å². The number of amides is 2. The fraction of sp³-hybridized carbons (Fsp3) is 0.273. The van der Waals surface area contributed by atoms with Gasteiger partial charge in [-0.1, -0.05) is 30.7 Å². The smallest absolute Gasteiger partial charge is 0.251 e. The van der Waals surface area contributed by atoms with Crippen molar-refractivity contribution in [1.82, 2.24) is 10.8 Å². The first-order valence-electron chi connectivity index (χ1n) is 9.36. The summed E-state index contributed by atoms with van der Waals surface area (Å²) in [5.41, 5.74) is 3.44. The quantitative estimate of drug-likeness (QED) is 0.187. The molecule has 2 aromatic carbocycles. The van der Waals surface area contributed by atoms with Crippen LogP contribution in [0, 0.1) is 5.82 Å². The minimum atomic E-state index is -0.421. The largest absolute Gasteiger partial charge is 0.497 e. The first-order valence-corrected chi connectivity index (χ1v) is 9.36. The van der Waals surface area contributed by atoms with Crippen molar-refractivity contribution in [2.45, 2.75) is 25.7 Å². The van der Waals surface area contributed by atoms with Gasteiger partial charge in [-0.3, -0.25) is 14.8 Å². The average Bonchev–Trinajstić information content (AvgIpc) is 2.75. The highest BCUT2D eigenvalue weighted by atomic mass is 19.1.